The molecule has 10 heteroatoms. The molecule has 0 spiro atoms. The molecule has 0 unspecified atom stereocenters. The molecule has 0 saturated heterocycles. The number of aromatic nitrogens is 2. The van der Waals surface area contributed by atoms with Gasteiger partial charge in [-0.25, -0.2) is 15.3 Å². The average Bonchev–Trinajstić information content (AvgIpc) is 3.28. The molecule has 0 fully saturated rings. The van der Waals surface area contributed by atoms with Crippen molar-refractivity contribution in [3.8, 4) is 5.88 Å². The predicted molar refractivity (Wildman–Crippen MR) is 172 cm³/mol. The van der Waals surface area contributed by atoms with Gasteiger partial charge in [0, 0.05) is 6.42 Å². The fourth-order valence-corrected chi connectivity index (χ4v) is 4.84. The number of benzene rings is 3. The van der Waals surface area contributed by atoms with Crippen LogP contribution in [0.25, 0.3) is 6.08 Å². The predicted octanol–water partition coefficient (Wildman–Crippen LogP) is 4.52. The van der Waals surface area contributed by atoms with Crippen molar-refractivity contribution in [2.75, 3.05) is 5.01 Å². The summed E-state index contributed by atoms with van der Waals surface area (Å²) in [6.45, 7) is 3.38. The van der Waals surface area contributed by atoms with Crippen LogP contribution < -0.4 is 16.2 Å². The van der Waals surface area contributed by atoms with E-state index in [0.29, 0.717) is 6.42 Å². The van der Waals surface area contributed by atoms with Gasteiger partial charge in [-0.2, -0.15) is 4.68 Å². The number of nitrogens with zero attached hydrogens (tertiary/aromatic N) is 3. The van der Waals surface area contributed by atoms with Crippen LogP contribution in [0, 0.1) is 5.92 Å². The number of amides is 2. The Morgan fingerprint density at radius 2 is 1.53 bits per heavy atom. The molecule has 3 N–H and O–H groups in total. The van der Waals surface area contributed by atoms with Crippen LogP contribution in [0.3, 0.4) is 0 Å². The monoisotopic (exact) mass is 612 g/mol. The SMILES string of the molecule is CC(C)CCC(=O)N([C@@H](CC=Cc1ccccc1)C(=O)NOCc1ccccc1)n1c(O)c(CO)n(Cc2ccccc2)c1=O. The van der Waals surface area contributed by atoms with Crippen LogP contribution in [0.2, 0.25) is 0 Å². The van der Waals surface area contributed by atoms with Gasteiger partial charge >= 0.3 is 5.69 Å². The van der Waals surface area contributed by atoms with Gasteiger partial charge in [-0.1, -0.05) is 117 Å². The van der Waals surface area contributed by atoms with Crippen LogP contribution in [-0.4, -0.2) is 37.3 Å². The van der Waals surface area contributed by atoms with E-state index >= 15 is 0 Å². The minimum absolute atomic E-state index is 0.00690. The van der Waals surface area contributed by atoms with E-state index in [1.54, 1.807) is 6.08 Å². The Bertz CT molecular complexity index is 1610. The number of hydrogen-bond donors (Lipinski definition) is 3. The lowest BCUT2D eigenvalue weighted by atomic mass is 10.1. The summed E-state index contributed by atoms with van der Waals surface area (Å²) in [5.41, 5.74) is 4.05. The second kappa shape index (κ2) is 16.2. The maximum Gasteiger partial charge on any atom is 0.351 e. The van der Waals surface area contributed by atoms with Gasteiger partial charge in [-0.05, 0) is 35.4 Å². The van der Waals surface area contributed by atoms with Crippen molar-refractivity contribution in [1.82, 2.24) is 14.7 Å². The zero-order valence-corrected chi connectivity index (χ0v) is 25.6. The average molecular weight is 613 g/mol. The van der Waals surface area contributed by atoms with Crippen LogP contribution >= 0.6 is 0 Å². The van der Waals surface area contributed by atoms with Crippen molar-refractivity contribution in [3.63, 3.8) is 0 Å². The number of nitrogens with one attached hydrogen (secondary N) is 1. The van der Waals surface area contributed by atoms with E-state index in [1.807, 2.05) is 111 Å². The molecule has 0 saturated carbocycles. The molecule has 3 aromatic carbocycles. The number of aromatic hydroxyl groups is 1. The summed E-state index contributed by atoms with van der Waals surface area (Å²) in [5.74, 6) is -1.68. The molecule has 2 amide bonds. The second-order valence-corrected chi connectivity index (χ2v) is 11.1. The lowest BCUT2D eigenvalue weighted by Gasteiger charge is -2.30. The molecule has 0 radical (unpaired) electrons. The van der Waals surface area contributed by atoms with E-state index in [2.05, 4.69) is 5.48 Å². The largest absolute Gasteiger partial charge is 0.492 e. The number of rotatable bonds is 15. The first-order valence-corrected chi connectivity index (χ1v) is 15.0. The van der Waals surface area contributed by atoms with E-state index in [-0.39, 0.29) is 37.6 Å². The Labute approximate surface area is 262 Å². The van der Waals surface area contributed by atoms with Gasteiger partial charge in [0.2, 0.25) is 11.8 Å². The maximum atomic E-state index is 14.0. The fraction of sp³-hybridized carbons (Fsp3) is 0.286. The summed E-state index contributed by atoms with van der Waals surface area (Å²) < 4.78 is 2.00. The molecule has 1 atom stereocenters. The Hall–Kier alpha value is -4.93. The summed E-state index contributed by atoms with van der Waals surface area (Å²) in [6.07, 6.45) is 4.03. The van der Waals surface area contributed by atoms with Gasteiger partial charge in [0.25, 0.3) is 5.91 Å². The molecular weight excluding hydrogens is 572 g/mol. The Balaban J connectivity index is 1.75. The molecule has 0 aliphatic carbocycles. The molecule has 0 aliphatic rings. The number of carbonyl (C=O) groups is 2. The van der Waals surface area contributed by atoms with Crippen LogP contribution in [0.1, 0.15) is 55.5 Å². The smallest absolute Gasteiger partial charge is 0.351 e. The number of hydroxylamine groups is 1. The van der Waals surface area contributed by atoms with Crippen LogP contribution in [-0.2, 0) is 34.2 Å². The van der Waals surface area contributed by atoms with E-state index in [1.165, 1.54) is 4.57 Å². The third-order valence-corrected chi connectivity index (χ3v) is 7.26. The Morgan fingerprint density at radius 1 is 0.933 bits per heavy atom. The van der Waals surface area contributed by atoms with E-state index in [9.17, 15) is 24.6 Å². The van der Waals surface area contributed by atoms with Crippen molar-refractivity contribution in [2.24, 2.45) is 5.92 Å². The van der Waals surface area contributed by atoms with Crippen LogP contribution in [0.15, 0.2) is 102 Å². The minimum Gasteiger partial charge on any atom is -0.492 e. The van der Waals surface area contributed by atoms with Crippen molar-refractivity contribution < 1.29 is 24.6 Å². The Morgan fingerprint density at radius 3 is 2.13 bits per heavy atom. The van der Waals surface area contributed by atoms with Gasteiger partial charge in [0.05, 0.1) is 19.8 Å². The van der Waals surface area contributed by atoms with E-state index < -0.39 is 36.0 Å². The first-order valence-electron chi connectivity index (χ1n) is 15.0. The molecule has 4 aromatic rings. The summed E-state index contributed by atoms with van der Waals surface area (Å²) in [7, 11) is 0. The highest BCUT2D eigenvalue weighted by Gasteiger charge is 2.35. The number of carbonyl (C=O) groups excluding carboxylic acids is 2. The van der Waals surface area contributed by atoms with Gasteiger partial charge in [-0.15, -0.1) is 0 Å². The zero-order chi connectivity index (χ0) is 32.2. The molecule has 0 aliphatic heterocycles. The first-order chi connectivity index (χ1) is 21.8. The van der Waals surface area contributed by atoms with Crippen molar-refractivity contribution in [2.45, 2.75) is 58.9 Å². The normalized spacial score (nSPS) is 12.0. The van der Waals surface area contributed by atoms with Gasteiger partial charge < -0.3 is 10.2 Å². The molecular formula is C35H40N4O6. The summed E-state index contributed by atoms with van der Waals surface area (Å²) in [6, 6.07) is 26.5. The quantitative estimate of drug-likeness (QED) is 0.170. The molecule has 0 bridgehead atoms. The summed E-state index contributed by atoms with van der Waals surface area (Å²) >= 11 is 0. The van der Waals surface area contributed by atoms with Crippen molar-refractivity contribution in [1.29, 1.82) is 0 Å². The number of hydrogen-bond acceptors (Lipinski definition) is 6. The summed E-state index contributed by atoms with van der Waals surface area (Å²) in [5, 5.41) is 22.5. The highest BCUT2D eigenvalue weighted by atomic mass is 16.7. The fourth-order valence-electron chi connectivity index (χ4n) is 4.84. The first kappa shape index (κ1) is 33.0. The van der Waals surface area contributed by atoms with Gasteiger partial charge in [0.15, 0.2) is 0 Å². The maximum absolute atomic E-state index is 14.0. The number of imidazole rings is 1. The highest BCUT2D eigenvalue weighted by Crippen LogP contribution is 2.22. The Kier molecular flexibility index (Phi) is 11.9. The third-order valence-electron chi connectivity index (χ3n) is 7.26. The van der Waals surface area contributed by atoms with Gasteiger partial charge in [0.1, 0.15) is 11.7 Å². The van der Waals surface area contributed by atoms with Crippen molar-refractivity contribution >= 4 is 17.9 Å². The number of aliphatic hydroxyl groups is 1. The van der Waals surface area contributed by atoms with E-state index in [0.717, 1.165) is 26.4 Å². The van der Waals surface area contributed by atoms with Gasteiger partial charge in [-0.3, -0.25) is 19.0 Å². The summed E-state index contributed by atoms with van der Waals surface area (Å²) in [4.78, 5) is 47.2. The lowest BCUT2D eigenvalue weighted by molar-refractivity contribution is -0.138. The zero-order valence-electron chi connectivity index (χ0n) is 25.6. The third kappa shape index (κ3) is 8.81. The van der Waals surface area contributed by atoms with E-state index in [4.69, 9.17) is 4.84 Å². The number of aliphatic hydroxyl groups excluding tert-OH is 1. The molecule has 45 heavy (non-hydrogen) atoms. The van der Waals surface area contributed by atoms with Crippen LogP contribution in [0.4, 0.5) is 0 Å². The standard InChI is InChI=1S/C35H40N4O6/c1-26(2)21-22-32(41)38(39-34(43)31(24-40)37(35(39)44)23-28-15-8-4-9-16-28)30(20-12-19-27-13-6-3-7-14-27)33(42)36-45-25-29-17-10-5-11-18-29/h3-19,26,30,40,43H,20-25H2,1-2H3,(H,36,42)/t30-/m0/s1. The minimum atomic E-state index is -1.29. The lowest BCUT2D eigenvalue weighted by Crippen LogP contribution is -2.57. The molecule has 10 nitrogen and oxygen atoms in total. The molecule has 1 heterocycles. The second-order valence-electron chi connectivity index (χ2n) is 11.1. The van der Waals surface area contributed by atoms with Crippen LogP contribution in [0.5, 0.6) is 5.88 Å². The molecule has 1 aromatic heterocycles. The van der Waals surface area contributed by atoms with Crippen molar-refractivity contribution in [3.05, 3.63) is 130 Å². The topological polar surface area (TPSA) is 126 Å². The highest BCUT2D eigenvalue weighted by molar-refractivity contribution is 5.95. The molecule has 4 rings (SSSR count). The molecule has 236 valence electrons.